The van der Waals surface area contributed by atoms with E-state index in [1.807, 2.05) is 61.5 Å². The van der Waals surface area contributed by atoms with Crippen molar-refractivity contribution in [3.05, 3.63) is 60.2 Å². The van der Waals surface area contributed by atoms with Crippen LogP contribution >= 0.6 is 12.4 Å². The van der Waals surface area contributed by atoms with Crippen LogP contribution in [0.1, 0.15) is 30.1 Å². The highest BCUT2D eigenvalue weighted by Crippen LogP contribution is 2.36. The minimum Gasteiger partial charge on any atom is -0.485 e. The maximum atomic E-state index is 12.3. The molecule has 2 heterocycles. The summed E-state index contributed by atoms with van der Waals surface area (Å²) in [6.07, 6.45) is 1.05. The van der Waals surface area contributed by atoms with E-state index in [1.54, 1.807) is 0 Å². The third-order valence-electron chi connectivity index (χ3n) is 5.80. The van der Waals surface area contributed by atoms with Crippen LogP contribution in [-0.2, 0) is 0 Å². The highest BCUT2D eigenvalue weighted by molar-refractivity contribution is 5.94. The van der Waals surface area contributed by atoms with Gasteiger partial charge in [0.15, 0.2) is 17.1 Å². The second kappa shape index (κ2) is 9.69. The number of aliphatic hydroxyl groups is 1. The fourth-order valence-corrected chi connectivity index (χ4v) is 3.88. The normalized spacial score (nSPS) is 22.6. The summed E-state index contributed by atoms with van der Waals surface area (Å²) >= 11 is 0. The number of carbonyl (C=O) groups excluding carboxylic acids is 1. The molecular formula is C23H29ClN2O4. The Labute approximate surface area is 183 Å². The number of hydrogen-bond acceptors (Lipinski definition) is 5. The maximum Gasteiger partial charge on any atom is 0.251 e. The number of carbonyl (C=O) groups is 1. The minimum absolute atomic E-state index is 0. The Morgan fingerprint density at radius 3 is 2.47 bits per heavy atom. The van der Waals surface area contributed by atoms with Crippen LogP contribution in [0.5, 0.6) is 11.5 Å². The predicted molar refractivity (Wildman–Crippen MR) is 118 cm³/mol. The minimum atomic E-state index is -0.785. The molecule has 2 unspecified atom stereocenters. The van der Waals surface area contributed by atoms with Gasteiger partial charge in [-0.2, -0.15) is 0 Å². The Hall–Kier alpha value is -2.28. The highest BCUT2D eigenvalue weighted by Gasteiger charge is 2.41. The van der Waals surface area contributed by atoms with E-state index in [2.05, 4.69) is 10.2 Å². The van der Waals surface area contributed by atoms with Crippen LogP contribution in [0.25, 0.3) is 0 Å². The molecule has 4 rings (SSSR count). The van der Waals surface area contributed by atoms with Crippen molar-refractivity contribution in [1.29, 1.82) is 0 Å². The lowest BCUT2D eigenvalue weighted by atomic mass is 9.96. The molecule has 0 aliphatic carbocycles. The molecule has 1 fully saturated rings. The van der Waals surface area contributed by atoms with Crippen molar-refractivity contribution >= 4 is 18.3 Å². The molecule has 162 valence electrons. The molecule has 7 heteroatoms. The smallest absolute Gasteiger partial charge is 0.251 e. The lowest BCUT2D eigenvalue weighted by Gasteiger charge is -2.41. The van der Waals surface area contributed by atoms with Crippen LogP contribution in [0.3, 0.4) is 0 Å². The number of ether oxygens (including phenoxy) is 2. The van der Waals surface area contributed by atoms with Gasteiger partial charge in [0.2, 0.25) is 0 Å². The number of β-amino-alcohol motifs (C(OH)–C–C–N with tert-alkyl or cyclic N) is 1. The number of piperidine rings is 1. The predicted octanol–water partition coefficient (Wildman–Crippen LogP) is 2.89. The molecule has 30 heavy (non-hydrogen) atoms. The standard InChI is InChI=1S/C23H28N2O4.ClH/c1-23(16-28-19-9-5-6-10-20(19)29-23)21(26)15-25-13-11-18(12-14-25)24-22(27)17-7-3-2-4-8-17;/h2-10,18,21,26H,11-16H2,1H3,(H,24,27);1H. The van der Waals surface area contributed by atoms with Gasteiger partial charge < -0.3 is 24.8 Å². The van der Waals surface area contributed by atoms with Gasteiger partial charge in [0, 0.05) is 31.2 Å². The number of likely N-dealkylation sites (tertiary alicyclic amines) is 1. The largest absolute Gasteiger partial charge is 0.485 e. The fraction of sp³-hybridized carbons (Fsp3) is 0.435. The number of fused-ring (bicyclic) bond motifs is 1. The molecule has 2 N–H and O–H groups in total. The number of nitrogens with one attached hydrogen (secondary N) is 1. The number of rotatable bonds is 5. The van der Waals surface area contributed by atoms with Gasteiger partial charge in [-0.15, -0.1) is 12.4 Å². The first-order valence-corrected chi connectivity index (χ1v) is 10.2. The van der Waals surface area contributed by atoms with Crippen LogP contribution in [0.15, 0.2) is 54.6 Å². The highest BCUT2D eigenvalue weighted by atomic mass is 35.5. The number of para-hydroxylation sites is 2. The van der Waals surface area contributed by atoms with Crippen LogP contribution in [0.4, 0.5) is 0 Å². The Morgan fingerprint density at radius 2 is 1.77 bits per heavy atom. The van der Waals surface area contributed by atoms with Gasteiger partial charge in [-0.1, -0.05) is 30.3 Å². The average molecular weight is 433 g/mol. The van der Waals surface area contributed by atoms with E-state index in [-0.39, 0.29) is 24.4 Å². The van der Waals surface area contributed by atoms with Crippen molar-refractivity contribution in [2.45, 2.75) is 37.5 Å². The Morgan fingerprint density at radius 1 is 1.13 bits per heavy atom. The molecular weight excluding hydrogens is 404 g/mol. The van der Waals surface area contributed by atoms with Gasteiger partial charge in [0.05, 0.1) is 0 Å². The van der Waals surface area contributed by atoms with Crippen LogP contribution in [0.2, 0.25) is 0 Å². The summed E-state index contributed by atoms with van der Waals surface area (Å²) in [6, 6.07) is 17.0. The summed E-state index contributed by atoms with van der Waals surface area (Å²) in [4.78, 5) is 14.6. The summed E-state index contributed by atoms with van der Waals surface area (Å²) in [7, 11) is 0. The molecule has 1 amide bonds. The molecule has 0 saturated carbocycles. The van der Waals surface area contributed by atoms with Crippen molar-refractivity contribution in [1.82, 2.24) is 10.2 Å². The molecule has 0 aromatic heterocycles. The van der Waals surface area contributed by atoms with E-state index in [0.717, 1.165) is 25.9 Å². The van der Waals surface area contributed by atoms with Crippen LogP contribution in [0, 0.1) is 0 Å². The van der Waals surface area contributed by atoms with Gasteiger partial charge >= 0.3 is 0 Å². The number of hydrogen-bond donors (Lipinski definition) is 2. The average Bonchev–Trinajstić information content (AvgIpc) is 2.75. The van der Waals surface area contributed by atoms with Gasteiger partial charge in [-0.05, 0) is 44.0 Å². The number of benzene rings is 2. The summed E-state index contributed by atoms with van der Waals surface area (Å²) in [5.41, 5.74) is -0.0970. The molecule has 2 aliphatic rings. The number of aliphatic hydroxyl groups excluding tert-OH is 1. The van der Waals surface area contributed by atoms with Crippen molar-refractivity contribution in [2.75, 3.05) is 26.2 Å². The third-order valence-corrected chi connectivity index (χ3v) is 5.80. The van der Waals surface area contributed by atoms with E-state index < -0.39 is 11.7 Å². The van der Waals surface area contributed by atoms with Crippen molar-refractivity contribution < 1.29 is 19.4 Å². The lowest BCUT2D eigenvalue weighted by molar-refractivity contribution is -0.0949. The molecule has 0 radical (unpaired) electrons. The van der Waals surface area contributed by atoms with E-state index >= 15 is 0 Å². The molecule has 2 aromatic rings. The zero-order valence-corrected chi connectivity index (χ0v) is 17.9. The summed E-state index contributed by atoms with van der Waals surface area (Å²) < 4.78 is 11.9. The van der Waals surface area contributed by atoms with Crippen LogP contribution < -0.4 is 14.8 Å². The zero-order valence-electron chi connectivity index (χ0n) is 17.1. The maximum absolute atomic E-state index is 12.3. The van der Waals surface area contributed by atoms with E-state index in [9.17, 15) is 9.90 Å². The molecule has 0 spiro atoms. The first kappa shape index (κ1) is 22.4. The molecule has 2 aromatic carbocycles. The number of halogens is 1. The van der Waals surface area contributed by atoms with E-state index in [1.165, 1.54) is 0 Å². The van der Waals surface area contributed by atoms with Gasteiger partial charge in [-0.3, -0.25) is 4.79 Å². The lowest BCUT2D eigenvalue weighted by Crippen LogP contribution is -2.57. The fourth-order valence-electron chi connectivity index (χ4n) is 3.88. The van der Waals surface area contributed by atoms with Gasteiger partial charge in [0.1, 0.15) is 12.7 Å². The van der Waals surface area contributed by atoms with Crippen molar-refractivity contribution in [3.8, 4) is 11.5 Å². The second-order valence-corrected chi connectivity index (χ2v) is 8.08. The molecule has 6 nitrogen and oxygen atoms in total. The summed E-state index contributed by atoms with van der Waals surface area (Å²) in [5.74, 6) is 1.36. The number of amides is 1. The first-order chi connectivity index (χ1) is 14.0. The van der Waals surface area contributed by atoms with Gasteiger partial charge in [0.25, 0.3) is 5.91 Å². The van der Waals surface area contributed by atoms with Gasteiger partial charge in [-0.25, -0.2) is 0 Å². The first-order valence-electron chi connectivity index (χ1n) is 10.2. The van der Waals surface area contributed by atoms with E-state index in [4.69, 9.17) is 9.47 Å². The quantitative estimate of drug-likeness (QED) is 0.760. The SMILES string of the molecule is CC1(C(O)CN2CCC(NC(=O)c3ccccc3)CC2)COc2ccccc2O1.Cl. The monoisotopic (exact) mass is 432 g/mol. The second-order valence-electron chi connectivity index (χ2n) is 8.08. The Balaban J connectivity index is 0.00000256. The summed E-state index contributed by atoms with van der Waals surface area (Å²) in [5, 5.41) is 14.0. The Kier molecular flexibility index (Phi) is 7.23. The molecule has 2 aliphatic heterocycles. The Bertz CT molecular complexity index is 842. The number of nitrogens with zero attached hydrogens (tertiary/aromatic N) is 1. The summed E-state index contributed by atoms with van der Waals surface area (Å²) in [6.45, 7) is 4.37. The van der Waals surface area contributed by atoms with E-state index in [0.29, 0.717) is 30.2 Å². The molecule has 2 atom stereocenters. The molecule has 1 saturated heterocycles. The third kappa shape index (κ3) is 5.06. The van der Waals surface area contributed by atoms with Crippen molar-refractivity contribution in [3.63, 3.8) is 0 Å². The van der Waals surface area contributed by atoms with Crippen molar-refractivity contribution in [2.24, 2.45) is 0 Å². The van der Waals surface area contributed by atoms with Crippen LogP contribution in [-0.4, -0.2) is 59.9 Å². The zero-order chi connectivity index (χ0) is 20.3. The molecule has 0 bridgehead atoms. The topological polar surface area (TPSA) is 71.0 Å².